The minimum atomic E-state index is -0.972. The molecule has 1 saturated heterocycles. The molecule has 2 aromatic carbocycles. The molecule has 1 fully saturated rings. The summed E-state index contributed by atoms with van der Waals surface area (Å²) in [6, 6.07) is 11.2. The van der Waals surface area contributed by atoms with E-state index in [-0.39, 0.29) is 22.2 Å². The quantitative estimate of drug-likeness (QED) is 0.192. The number of rotatable bonds is 4. The Morgan fingerprint density at radius 3 is 2.37 bits per heavy atom. The minimum absolute atomic E-state index is 0.105. The predicted octanol–water partition coefficient (Wildman–Crippen LogP) is 4.44. The first-order valence-corrected chi connectivity index (χ1v) is 10.3. The van der Waals surface area contributed by atoms with E-state index in [4.69, 9.17) is 0 Å². The molecule has 1 aromatic heterocycles. The maximum atomic E-state index is 12.9. The van der Waals surface area contributed by atoms with Crippen molar-refractivity contribution in [3.63, 3.8) is 0 Å². The molecule has 2 heterocycles. The van der Waals surface area contributed by atoms with E-state index in [1.54, 1.807) is 29.6 Å². The van der Waals surface area contributed by atoms with Crippen molar-refractivity contribution in [3.05, 3.63) is 91.4 Å². The summed E-state index contributed by atoms with van der Waals surface area (Å²) in [6.45, 7) is 0. The van der Waals surface area contributed by atoms with Crippen LogP contribution in [0.15, 0.2) is 70.2 Å². The fourth-order valence-electron chi connectivity index (χ4n) is 3.22. The number of nitro benzene ring substituents is 1. The molecule has 30 heavy (non-hydrogen) atoms. The average molecular weight is 486 g/mol. The zero-order valence-electron chi connectivity index (χ0n) is 15.1. The molecule has 1 N–H and O–H groups in total. The smallest absolute Gasteiger partial charge is 0.301 e. The van der Waals surface area contributed by atoms with Crippen molar-refractivity contribution in [1.29, 1.82) is 0 Å². The predicted molar refractivity (Wildman–Crippen MR) is 114 cm³/mol. The lowest BCUT2D eigenvalue weighted by Crippen LogP contribution is -2.29. The lowest BCUT2D eigenvalue weighted by molar-refractivity contribution is -0.384. The number of aliphatic hydroxyl groups excluding tert-OH is 1. The third-order valence-corrected chi connectivity index (χ3v) is 5.91. The van der Waals surface area contributed by atoms with Crippen LogP contribution in [0.3, 0.4) is 0 Å². The van der Waals surface area contributed by atoms with Gasteiger partial charge in [-0.25, -0.2) is 4.98 Å². The lowest BCUT2D eigenvalue weighted by Gasteiger charge is -2.22. The zero-order valence-corrected chi connectivity index (χ0v) is 17.5. The van der Waals surface area contributed by atoms with Crippen LogP contribution in [0.1, 0.15) is 17.2 Å². The second-order valence-corrected chi connectivity index (χ2v) is 8.13. The van der Waals surface area contributed by atoms with E-state index in [9.17, 15) is 24.8 Å². The molecular formula is C20H12BrN3O5S. The Morgan fingerprint density at radius 1 is 1.13 bits per heavy atom. The van der Waals surface area contributed by atoms with Crippen molar-refractivity contribution >= 4 is 55.5 Å². The normalized spacial score (nSPS) is 18.0. The van der Waals surface area contributed by atoms with E-state index in [1.165, 1.54) is 46.7 Å². The van der Waals surface area contributed by atoms with Crippen LogP contribution >= 0.6 is 27.3 Å². The van der Waals surface area contributed by atoms with Crippen LogP contribution in [0.25, 0.3) is 5.76 Å². The van der Waals surface area contributed by atoms with E-state index < -0.39 is 22.7 Å². The van der Waals surface area contributed by atoms with E-state index in [2.05, 4.69) is 20.9 Å². The van der Waals surface area contributed by atoms with Crippen molar-refractivity contribution < 1.29 is 19.6 Å². The molecule has 3 aromatic rings. The summed E-state index contributed by atoms with van der Waals surface area (Å²) in [5.41, 5.74) is 0.570. The molecule has 4 rings (SSSR count). The summed E-state index contributed by atoms with van der Waals surface area (Å²) < 4.78 is 0.786. The summed E-state index contributed by atoms with van der Waals surface area (Å²) in [5.74, 6) is -2.01. The number of benzene rings is 2. The van der Waals surface area contributed by atoms with Gasteiger partial charge in [0.15, 0.2) is 5.13 Å². The summed E-state index contributed by atoms with van der Waals surface area (Å²) in [7, 11) is 0. The van der Waals surface area contributed by atoms with Gasteiger partial charge in [0, 0.05) is 33.7 Å². The van der Waals surface area contributed by atoms with Crippen LogP contribution in [0.4, 0.5) is 10.8 Å². The molecule has 1 atom stereocenters. The van der Waals surface area contributed by atoms with Gasteiger partial charge in [0.05, 0.1) is 16.5 Å². The number of anilines is 1. The summed E-state index contributed by atoms with van der Waals surface area (Å²) in [6.07, 6.45) is 1.50. The number of carbonyl (C=O) groups excluding carboxylic acids is 2. The second kappa shape index (κ2) is 7.81. The van der Waals surface area contributed by atoms with Gasteiger partial charge in [-0.15, -0.1) is 11.3 Å². The van der Waals surface area contributed by atoms with E-state index >= 15 is 0 Å². The number of thiazole rings is 1. The molecule has 1 unspecified atom stereocenters. The van der Waals surface area contributed by atoms with E-state index in [0.29, 0.717) is 11.1 Å². The molecule has 0 saturated carbocycles. The van der Waals surface area contributed by atoms with Gasteiger partial charge in [-0.2, -0.15) is 0 Å². The van der Waals surface area contributed by atoms with Gasteiger partial charge < -0.3 is 5.11 Å². The molecule has 0 bridgehead atoms. The average Bonchev–Trinajstić information content (AvgIpc) is 3.35. The number of nitro groups is 1. The van der Waals surface area contributed by atoms with Crippen molar-refractivity contribution in [2.75, 3.05) is 4.90 Å². The van der Waals surface area contributed by atoms with Crippen molar-refractivity contribution in [3.8, 4) is 0 Å². The van der Waals surface area contributed by atoms with Crippen molar-refractivity contribution in [1.82, 2.24) is 4.98 Å². The number of amides is 1. The molecule has 8 nitrogen and oxygen atoms in total. The van der Waals surface area contributed by atoms with Crippen LogP contribution in [0, 0.1) is 10.1 Å². The maximum absolute atomic E-state index is 12.9. The summed E-state index contributed by atoms with van der Waals surface area (Å²) >= 11 is 4.48. The van der Waals surface area contributed by atoms with Crippen molar-refractivity contribution in [2.24, 2.45) is 0 Å². The molecule has 0 spiro atoms. The summed E-state index contributed by atoms with van der Waals surface area (Å²) in [5, 5.41) is 23.9. The largest absolute Gasteiger partial charge is 0.507 e. The molecule has 10 heteroatoms. The number of nitrogens with zero attached hydrogens (tertiary/aromatic N) is 3. The number of aromatic nitrogens is 1. The Hall–Kier alpha value is -3.37. The molecule has 1 amide bonds. The molecule has 0 aliphatic carbocycles. The molecule has 0 radical (unpaired) electrons. The SMILES string of the molecule is O=C1C(=O)N(c2nccs2)C(c2ccc([N+](=O)[O-])cc2)/C1=C(\O)c1ccc(Br)cc1. The third kappa shape index (κ3) is 3.40. The molecule has 1 aliphatic rings. The van der Waals surface area contributed by atoms with Crippen LogP contribution < -0.4 is 4.90 Å². The number of aliphatic hydroxyl groups is 1. The number of Topliss-reactive ketones (excluding diaryl/α,β-unsaturated/α-hetero) is 1. The number of halogens is 1. The minimum Gasteiger partial charge on any atom is -0.507 e. The standard InChI is InChI=1S/C20H12BrN3O5S/c21-13-5-1-12(2-6-13)17(25)15-16(11-3-7-14(8-4-11)24(28)29)23(19(27)18(15)26)20-22-9-10-30-20/h1-10,16,25H/b17-15+. The van der Waals surface area contributed by atoms with Gasteiger partial charge in [0.1, 0.15) is 5.76 Å². The van der Waals surface area contributed by atoms with Crippen molar-refractivity contribution in [2.45, 2.75) is 6.04 Å². The van der Waals surface area contributed by atoms with Gasteiger partial charge in [0.25, 0.3) is 11.5 Å². The highest BCUT2D eigenvalue weighted by Crippen LogP contribution is 2.43. The number of hydrogen-bond acceptors (Lipinski definition) is 7. The van der Waals surface area contributed by atoms with Gasteiger partial charge in [-0.05, 0) is 29.8 Å². The first kappa shape index (κ1) is 19.9. The fourth-order valence-corrected chi connectivity index (χ4v) is 4.15. The van der Waals surface area contributed by atoms with Crippen LogP contribution in [-0.4, -0.2) is 26.7 Å². The lowest BCUT2D eigenvalue weighted by atomic mass is 9.95. The topological polar surface area (TPSA) is 114 Å². The van der Waals surface area contributed by atoms with Crippen LogP contribution in [-0.2, 0) is 9.59 Å². The Kier molecular flexibility index (Phi) is 5.18. The second-order valence-electron chi connectivity index (χ2n) is 6.34. The third-order valence-electron chi connectivity index (χ3n) is 4.61. The van der Waals surface area contributed by atoms with E-state index in [0.717, 1.165) is 4.47 Å². The van der Waals surface area contributed by atoms with Crippen LogP contribution in [0.2, 0.25) is 0 Å². The highest BCUT2D eigenvalue weighted by molar-refractivity contribution is 9.10. The number of hydrogen-bond donors (Lipinski definition) is 1. The Bertz CT molecular complexity index is 1170. The zero-order chi connectivity index (χ0) is 21.4. The number of carbonyl (C=O) groups is 2. The number of ketones is 1. The van der Waals surface area contributed by atoms with Crippen LogP contribution in [0.5, 0.6) is 0 Å². The number of non-ortho nitro benzene ring substituents is 1. The molecule has 150 valence electrons. The maximum Gasteiger partial charge on any atom is 0.301 e. The molecular weight excluding hydrogens is 474 g/mol. The highest BCUT2D eigenvalue weighted by Gasteiger charge is 2.48. The van der Waals surface area contributed by atoms with Gasteiger partial charge in [-0.1, -0.05) is 28.1 Å². The van der Waals surface area contributed by atoms with Gasteiger partial charge in [0.2, 0.25) is 0 Å². The Balaban J connectivity index is 1.91. The Labute approximate surface area is 182 Å². The van der Waals surface area contributed by atoms with Gasteiger partial charge in [-0.3, -0.25) is 24.6 Å². The summed E-state index contributed by atoms with van der Waals surface area (Å²) in [4.78, 5) is 41.6. The van der Waals surface area contributed by atoms with E-state index in [1.807, 2.05) is 0 Å². The highest BCUT2D eigenvalue weighted by atomic mass is 79.9. The first-order chi connectivity index (χ1) is 14.4. The van der Waals surface area contributed by atoms with Gasteiger partial charge >= 0.3 is 5.91 Å². The fraction of sp³-hybridized carbons (Fsp3) is 0.0500. The monoisotopic (exact) mass is 485 g/mol. The first-order valence-electron chi connectivity index (χ1n) is 8.59. The molecule has 1 aliphatic heterocycles. The Morgan fingerprint density at radius 2 is 1.80 bits per heavy atom.